The average molecular weight is 444 g/mol. The van der Waals surface area contributed by atoms with Gasteiger partial charge in [0.25, 0.3) is 5.91 Å². The SMILES string of the molecule is CCc1ccc(-n2c(C)cc(/C=C(\C#N)C(=O)NCc3ccc(OC)cc3OC)c2C)cc1. The van der Waals surface area contributed by atoms with Crippen LogP contribution in [0.1, 0.15) is 35.0 Å². The third kappa shape index (κ3) is 5.27. The number of hydrogen-bond donors (Lipinski definition) is 1. The molecule has 1 amide bonds. The van der Waals surface area contributed by atoms with Gasteiger partial charge in [0.05, 0.1) is 14.2 Å². The maximum absolute atomic E-state index is 12.7. The molecule has 33 heavy (non-hydrogen) atoms. The summed E-state index contributed by atoms with van der Waals surface area (Å²) in [5.74, 6) is 0.835. The molecule has 170 valence electrons. The Bertz CT molecular complexity index is 1210. The van der Waals surface area contributed by atoms with Gasteiger partial charge in [0.15, 0.2) is 0 Å². The van der Waals surface area contributed by atoms with Crippen molar-refractivity contribution in [3.8, 4) is 23.3 Å². The van der Waals surface area contributed by atoms with Gasteiger partial charge in [0, 0.05) is 35.2 Å². The summed E-state index contributed by atoms with van der Waals surface area (Å²) in [6, 6.07) is 17.8. The molecule has 6 heteroatoms. The fourth-order valence-corrected chi connectivity index (χ4v) is 3.78. The van der Waals surface area contributed by atoms with E-state index in [0.29, 0.717) is 11.5 Å². The predicted octanol–water partition coefficient (Wildman–Crippen LogP) is 4.90. The number of nitrogens with zero attached hydrogens (tertiary/aromatic N) is 2. The van der Waals surface area contributed by atoms with Crippen molar-refractivity contribution in [3.05, 3.63) is 82.2 Å². The Morgan fingerprint density at radius 3 is 2.42 bits per heavy atom. The monoisotopic (exact) mass is 443 g/mol. The Balaban J connectivity index is 1.82. The molecule has 1 N–H and O–H groups in total. The van der Waals surface area contributed by atoms with Crippen LogP contribution in [0.15, 0.2) is 54.1 Å². The highest BCUT2D eigenvalue weighted by molar-refractivity contribution is 6.01. The largest absolute Gasteiger partial charge is 0.497 e. The number of hydrogen-bond acceptors (Lipinski definition) is 4. The van der Waals surface area contributed by atoms with Crippen LogP contribution in [-0.2, 0) is 17.8 Å². The van der Waals surface area contributed by atoms with Crippen LogP contribution in [0.5, 0.6) is 11.5 Å². The van der Waals surface area contributed by atoms with Crippen LogP contribution in [0.25, 0.3) is 11.8 Å². The van der Waals surface area contributed by atoms with Crippen LogP contribution in [0, 0.1) is 25.2 Å². The number of aromatic nitrogens is 1. The first kappa shape index (κ1) is 23.7. The van der Waals surface area contributed by atoms with Crippen molar-refractivity contribution in [1.82, 2.24) is 9.88 Å². The predicted molar refractivity (Wildman–Crippen MR) is 130 cm³/mol. The Morgan fingerprint density at radius 2 is 1.82 bits per heavy atom. The van der Waals surface area contributed by atoms with Crippen LogP contribution in [0.3, 0.4) is 0 Å². The van der Waals surface area contributed by atoms with Crippen LogP contribution in [0.2, 0.25) is 0 Å². The van der Waals surface area contributed by atoms with Gasteiger partial charge in [0.1, 0.15) is 23.1 Å². The van der Waals surface area contributed by atoms with Crippen molar-refractivity contribution in [2.45, 2.75) is 33.7 Å². The zero-order chi connectivity index (χ0) is 24.0. The molecule has 0 saturated carbocycles. The van der Waals surface area contributed by atoms with Gasteiger partial charge >= 0.3 is 0 Å². The number of ether oxygens (including phenoxy) is 2. The number of rotatable bonds is 8. The number of nitriles is 1. The lowest BCUT2D eigenvalue weighted by Crippen LogP contribution is -2.24. The molecule has 0 fully saturated rings. The molecule has 0 unspecified atom stereocenters. The second-order valence-electron chi connectivity index (χ2n) is 7.71. The number of nitrogens with one attached hydrogen (secondary N) is 1. The molecule has 1 aromatic heterocycles. The summed E-state index contributed by atoms with van der Waals surface area (Å²) in [5.41, 5.74) is 6.00. The number of carbonyl (C=O) groups is 1. The van der Waals surface area contributed by atoms with E-state index in [4.69, 9.17) is 9.47 Å². The lowest BCUT2D eigenvalue weighted by Gasteiger charge is -2.11. The first-order valence-corrected chi connectivity index (χ1v) is 10.8. The Kier molecular flexibility index (Phi) is 7.57. The molecular formula is C27H29N3O3. The highest BCUT2D eigenvalue weighted by atomic mass is 16.5. The molecule has 0 atom stereocenters. The Hall–Kier alpha value is -3.98. The third-order valence-corrected chi connectivity index (χ3v) is 5.67. The smallest absolute Gasteiger partial charge is 0.262 e. The second-order valence-corrected chi connectivity index (χ2v) is 7.71. The summed E-state index contributed by atoms with van der Waals surface area (Å²) in [4.78, 5) is 12.7. The van der Waals surface area contributed by atoms with Crippen LogP contribution >= 0.6 is 0 Å². The normalized spacial score (nSPS) is 11.1. The lowest BCUT2D eigenvalue weighted by atomic mass is 10.1. The van der Waals surface area contributed by atoms with Gasteiger partial charge in [-0.3, -0.25) is 4.79 Å². The van der Waals surface area contributed by atoms with Crippen LogP contribution in [-0.4, -0.2) is 24.7 Å². The van der Waals surface area contributed by atoms with Gasteiger partial charge in [-0.15, -0.1) is 0 Å². The van der Waals surface area contributed by atoms with E-state index in [1.165, 1.54) is 5.56 Å². The highest BCUT2D eigenvalue weighted by Gasteiger charge is 2.15. The van der Waals surface area contributed by atoms with Crippen molar-refractivity contribution in [3.63, 3.8) is 0 Å². The molecule has 2 aromatic carbocycles. The van der Waals surface area contributed by atoms with E-state index >= 15 is 0 Å². The molecule has 0 spiro atoms. The Labute approximate surface area is 195 Å². The molecule has 3 rings (SSSR count). The van der Waals surface area contributed by atoms with Gasteiger partial charge < -0.3 is 19.4 Å². The molecule has 0 saturated heterocycles. The van der Waals surface area contributed by atoms with Crippen molar-refractivity contribution in [2.24, 2.45) is 0 Å². The first-order chi connectivity index (χ1) is 15.9. The molecular weight excluding hydrogens is 414 g/mol. The van der Waals surface area contributed by atoms with Crippen LogP contribution < -0.4 is 14.8 Å². The molecule has 0 aliphatic carbocycles. The molecule has 0 aliphatic heterocycles. The first-order valence-electron chi connectivity index (χ1n) is 10.8. The molecule has 0 bridgehead atoms. The summed E-state index contributed by atoms with van der Waals surface area (Å²) in [6.45, 7) is 6.36. The molecule has 0 radical (unpaired) electrons. The molecule has 0 aliphatic rings. The minimum absolute atomic E-state index is 0.0454. The summed E-state index contributed by atoms with van der Waals surface area (Å²) in [5, 5.41) is 12.4. The molecule has 6 nitrogen and oxygen atoms in total. The number of aryl methyl sites for hydroxylation is 2. The summed E-state index contributed by atoms with van der Waals surface area (Å²) >= 11 is 0. The molecule has 1 heterocycles. The fraction of sp³-hybridized carbons (Fsp3) is 0.259. The number of methoxy groups -OCH3 is 2. The minimum atomic E-state index is -0.438. The van der Waals surface area contributed by atoms with Gasteiger partial charge in [-0.2, -0.15) is 5.26 Å². The fourth-order valence-electron chi connectivity index (χ4n) is 3.78. The summed E-state index contributed by atoms with van der Waals surface area (Å²) in [7, 11) is 3.14. The molecule has 3 aromatic rings. The van der Waals surface area contributed by atoms with Gasteiger partial charge in [-0.25, -0.2) is 0 Å². The zero-order valence-electron chi connectivity index (χ0n) is 19.7. The van der Waals surface area contributed by atoms with Crippen molar-refractivity contribution in [1.29, 1.82) is 5.26 Å². The lowest BCUT2D eigenvalue weighted by molar-refractivity contribution is -0.117. The van der Waals surface area contributed by atoms with E-state index < -0.39 is 5.91 Å². The second kappa shape index (κ2) is 10.6. The van der Waals surface area contributed by atoms with Crippen molar-refractivity contribution in [2.75, 3.05) is 14.2 Å². The third-order valence-electron chi connectivity index (χ3n) is 5.67. The van der Waals surface area contributed by atoms with E-state index in [2.05, 4.69) is 41.1 Å². The number of amides is 1. The van der Waals surface area contributed by atoms with Crippen molar-refractivity contribution >= 4 is 12.0 Å². The van der Waals surface area contributed by atoms with Gasteiger partial charge in [0.2, 0.25) is 0 Å². The van der Waals surface area contributed by atoms with E-state index in [9.17, 15) is 10.1 Å². The average Bonchev–Trinajstić information content (AvgIpc) is 3.13. The Morgan fingerprint density at radius 1 is 1.09 bits per heavy atom. The quantitative estimate of drug-likeness (QED) is 0.397. The van der Waals surface area contributed by atoms with E-state index in [-0.39, 0.29) is 12.1 Å². The zero-order valence-corrected chi connectivity index (χ0v) is 19.7. The van der Waals surface area contributed by atoms with E-state index in [1.54, 1.807) is 32.4 Å². The highest BCUT2D eigenvalue weighted by Crippen LogP contribution is 2.25. The van der Waals surface area contributed by atoms with E-state index in [0.717, 1.165) is 34.6 Å². The standard InChI is InChI=1S/C27H29N3O3/c1-6-20-7-10-24(11-8-20)30-18(2)13-22(19(30)3)14-23(16-28)27(31)29-17-21-9-12-25(32-4)15-26(21)33-5/h7-15H,6,17H2,1-5H3,(H,29,31)/b23-14+. The van der Waals surface area contributed by atoms with Gasteiger partial charge in [-0.1, -0.05) is 19.1 Å². The number of carbonyl (C=O) groups excluding carboxylic acids is 1. The van der Waals surface area contributed by atoms with Gasteiger partial charge in [-0.05, 0) is 67.8 Å². The van der Waals surface area contributed by atoms with Crippen LogP contribution in [0.4, 0.5) is 0 Å². The number of benzene rings is 2. The summed E-state index contributed by atoms with van der Waals surface area (Å²) < 4.78 is 12.7. The maximum Gasteiger partial charge on any atom is 0.262 e. The van der Waals surface area contributed by atoms with Crippen molar-refractivity contribution < 1.29 is 14.3 Å². The topological polar surface area (TPSA) is 76.3 Å². The minimum Gasteiger partial charge on any atom is -0.497 e. The maximum atomic E-state index is 12.7. The summed E-state index contributed by atoms with van der Waals surface area (Å²) in [6.07, 6.45) is 2.63. The van der Waals surface area contributed by atoms with E-state index in [1.807, 2.05) is 32.0 Å².